The standard InChI is InChI=1S/C18H19NO3S2/c20-18(12-23-15-10-11-24(21,22)13-15)19-17-9-5-4-8-16(17)14-6-2-1-3-7-14/h1-9,15H,10-13H2,(H,19,20)/t15-/m0/s1. The van der Waals surface area contributed by atoms with Gasteiger partial charge in [0.05, 0.1) is 17.3 Å². The molecule has 2 aromatic rings. The molecule has 2 aromatic carbocycles. The van der Waals surface area contributed by atoms with Crippen LogP contribution < -0.4 is 5.32 Å². The summed E-state index contributed by atoms with van der Waals surface area (Å²) in [6.07, 6.45) is 0.640. The van der Waals surface area contributed by atoms with Gasteiger partial charge < -0.3 is 5.32 Å². The lowest BCUT2D eigenvalue weighted by molar-refractivity contribution is -0.113. The number of benzene rings is 2. The molecule has 1 heterocycles. The summed E-state index contributed by atoms with van der Waals surface area (Å²) < 4.78 is 22.9. The van der Waals surface area contributed by atoms with Crippen molar-refractivity contribution in [3.8, 4) is 11.1 Å². The van der Waals surface area contributed by atoms with Crippen molar-refractivity contribution in [2.75, 3.05) is 22.6 Å². The highest BCUT2D eigenvalue weighted by atomic mass is 32.2. The first-order valence-corrected chi connectivity index (χ1v) is 10.7. The van der Waals surface area contributed by atoms with E-state index in [-0.39, 0.29) is 28.4 Å². The summed E-state index contributed by atoms with van der Waals surface area (Å²) in [5, 5.41) is 2.98. The van der Waals surface area contributed by atoms with Crippen molar-refractivity contribution < 1.29 is 13.2 Å². The smallest absolute Gasteiger partial charge is 0.234 e. The Morgan fingerprint density at radius 3 is 2.50 bits per heavy atom. The van der Waals surface area contributed by atoms with Crippen LogP contribution >= 0.6 is 11.8 Å². The van der Waals surface area contributed by atoms with Crippen molar-refractivity contribution >= 4 is 33.2 Å². The Balaban J connectivity index is 1.63. The molecule has 24 heavy (non-hydrogen) atoms. The molecule has 3 rings (SSSR count). The molecule has 1 saturated heterocycles. The number of hydrogen-bond donors (Lipinski definition) is 1. The fraction of sp³-hybridized carbons (Fsp3) is 0.278. The maximum atomic E-state index is 12.2. The third-order valence-electron chi connectivity index (χ3n) is 3.93. The number of carbonyl (C=O) groups is 1. The molecule has 0 spiro atoms. The molecule has 0 saturated carbocycles. The quantitative estimate of drug-likeness (QED) is 0.888. The summed E-state index contributed by atoms with van der Waals surface area (Å²) in [4.78, 5) is 12.2. The first kappa shape index (κ1) is 17.0. The second-order valence-corrected chi connectivity index (χ2v) is 9.31. The Morgan fingerprint density at radius 2 is 1.79 bits per heavy atom. The number of anilines is 1. The van der Waals surface area contributed by atoms with E-state index in [1.165, 1.54) is 11.8 Å². The molecule has 1 aliphatic rings. The highest BCUT2D eigenvalue weighted by Crippen LogP contribution is 2.28. The summed E-state index contributed by atoms with van der Waals surface area (Å²) in [5.41, 5.74) is 2.79. The molecular formula is C18H19NO3S2. The Kier molecular flexibility index (Phi) is 5.26. The largest absolute Gasteiger partial charge is 0.325 e. The van der Waals surface area contributed by atoms with Gasteiger partial charge in [0.1, 0.15) is 0 Å². The topological polar surface area (TPSA) is 63.2 Å². The van der Waals surface area contributed by atoms with E-state index in [0.717, 1.165) is 16.8 Å². The van der Waals surface area contributed by atoms with Crippen molar-refractivity contribution in [1.29, 1.82) is 0 Å². The molecule has 0 aliphatic carbocycles. The van der Waals surface area contributed by atoms with Gasteiger partial charge in [-0.15, -0.1) is 11.8 Å². The molecule has 1 fully saturated rings. The van der Waals surface area contributed by atoms with Crippen LogP contribution in [0.2, 0.25) is 0 Å². The zero-order chi connectivity index (χ0) is 17.0. The van der Waals surface area contributed by atoms with Gasteiger partial charge in [-0.3, -0.25) is 4.79 Å². The van der Waals surface area contributed by atoms with Gasteiger partial charge in [0.25, 0.3) is 0 Å². The van der Waals surface area contributed by atoms with Crippen molar-refractivity contribution in [2.45, 2.75) is 11.7 Å². The fourth-order valence-corrected chi connectivity index (χ4v) is 6.18. The summed E-state index contributed by atoms with van der Waals surface area (Å²) >= 11 is 1.42. The summed E-state index contributed by atoms with van der Waals surface area (Å²) in [5.74, 6) is 0.588. The Hall–Kier alpha value is -1.79. The molecule has 0 unspecified atom stereocenters. The number of nitrogens with one attached hydrogen (secondary N) is 1. The van der Waals surface area contributed by atoms with E-state index < -0.39 is 9.84 Å². The van der Waals surface area contributed by atoms with Gasteiger partial charge in [-0.05, 0) is 18.1 Å². The van der Waals surface area contributed by atoms with E-state index in [4.69, 9.17) is 0 Å². The number of thioether (sulfide) groups is 1. The summed E-state index contributed by atoms with van der Waals surface area (Å²) in [7, 11) is -2.90. The minimum atomic E-state index is -2.90. The maximum Gasteiger partial charge on any atom is 0.234 e. The van der Waals surface area contributed by atoms with Gasteiger partial charge in [-0.2, -0.15) is 0 Å². The molecule has 1 amide bonds. The number of hydrogen-bond acceptors (Lipinski definition) is 4. The monoisotopic (exact) mass is 361 g/mol. The molecule has 0 radical (unpaired) electrons. The van der Waals surface area contributed by atoms with Crippen LogP contribution in [-0.2, 0) is 14.6 Å². The van der Waals surface area contributed by atoms with Crippen LogP contribution in [-0.4, -0.2) is 36.8 Å². The number of para-hydroxylation sites is 1. The van der Waals surface area contributed by atoms with Crippen molar-refractivity contribution in [3.05, 3.63) is 54.6 Å². The average molecular weight is 361 g/mol. The van der Waals surface area contributed by atoms with Gasteiger partial charge >= 0.3 is 0 Å². The van der Waals surface area contributed by atoms with Crippen molar-refractivity contribution in [3.63, 3.8) is 0 Å². The maximum absolute atomic E-state index is 12.2. The van der Waals surface area contributed by atoms with E-state index in [0.29, 0.717) is 6.42 Å². The lowest BCUT2D eigenvalue weighted by Gasteiger charge is -2.12. The molecule has 1 aliphatic heterocycles. The van der Waals surface area contributed by atoms with Crippen LogP contribution in [0, 0.1) is 0 Å². The second kappa shape index (κ2) is 7.40. The van der Waals surface area contributed by atoms with Crippen LogP contribution in [0.5, 0.6) is 0 Å². The number of sulfone groups is 1. The fourth-order valence-electron chi connectivity index (χ4n) is 2.73. The third kappa shape index (κ3) is 4.39. The van der Waals surface area contributed by atoms with E-state index in [1.54, 1.807) is 0 Å². The second-order valence-electron chi connectivity index (χ2n) is 5.80. The first-order chi connectivity index (χ1) is 11.5. The molecule has 1 atom stereocenters. The Morgan fingerprint density at radius 1 is 1.08 bits per heavy atom. The average Bonchev–Trinajstić information content (AvgIpc) is 2.93. The number of carbonyl (C=O) groups excluding carboxylic acids is 1. The lowest BCUT2D eigenvalue weighted by atomic mass is 10.0. The highest BCUT2D eigenvalue weighted by molar-refractivity contribution is 8.02. The molecule has 1 N–H and O–H groups in total. The molecule has 0 aromatic heterocycles. The molecule has 126 valence electrons. The number of amides is 1. The lowest BCUT2D eigenvalue weighted by Crippen LogP contribution is -2.17. The van der Waals surface area contributed by atoms with Crippen molar-refractivity contribution in [1.82, 2.24) is 0 Å². The van der Waals surface area contributed by atoms with E-state index >= 15 is 0 Å². The third-order valence-corrected chi connectivity index (χ3v) is 7.21. The SMILES string of the molecule is O=C(CS[C@H]1CCS(=O)(=O)C1)Nc1ccccc1-c1ccccc1. The van der Waals surface area contributed by atoms with Crippen molar-refractivity contribution in [2.24, 2.45) is 0 Å². The van der Waals surface area contributed by atoms with E-state index in [1.807, 2.05) is 54.6 Å². The van der Waals surface area contributed by atoms with Gasteiger partial charge in [-0.25, -0.2) is 8.42 Å². The minimum Gasteiger partial charge on any atom is -0.325 e. The number of rotatable bonds is 5. The normalized spacial score (nSPS) is 19.1. The Labute approximate surface area is 146 Å². The summed E-state index contributed by atoms with van der Waals surface area (Å²) in [6, 6.07) is 17.6. The molecule has 0 bridgehead atoms. The molecular weight excluding hydrogens is 342 g/mol. The zero-order valence-corrected chi connectivity index (χ0v) is 14.8. The van der Waals surface area contributed by atoms with Gasteiger partial charge in [0.15, 0.2) is 9.84 Å². The Bertz CT molecular complexity index is 819. The van der Waals surface area contributed by atoms with Crippen LogP contribution in [0.15, 0.2) is 54.6 Å². The van der Waals surface area contributed by atoms with Gasteiger partial charge in [-0.1, -0.05) is 48.5 Å². The van der Waals surface area contributed by atoms with Crippen LogP contribution in [0.3, 0.4) is 0 Å². The predicted octanol–water partition coefficient (Wildman–Crippen LogP) is 3.21. The molecule has 6 heteroatoms. The minimum absolute atomic E-state index is 0.0325. The molecule has 4 nitrogen and oxygen atoms in total. The van der Waals surface area contributed by atoms with Crippen LogP contribution in [0.1, 0.15) is 6.42 Å². The van der Waals surface area contributed by atoms with Gasteiger partial charge in [0.2, 0.25) is 5.91 Å². The van der Waals surface area contributed by atoms with E-state index in [9.17, 15) is 13.2 Å². The van der Waals surface area contributed by atoms with Gasteiger partial charge in [0, 0.05) is 16.5 Å². The zero-order valence-electron chi connectivity index (χ0n) is 13.1. The highest BCUT2D eigenvalue weighted by Gasteiger charge is 2.28. The van der Waals surface area contributed by atoms with Crippen LogP contribution in [0.4, 0.5) is 5.69 Å². The predicted molar refractivity (Wildman–Crippen MR) is 100 cm³/mol. The van der Waals surface area contributed by atoms with E-state index in [2.05, 4.69) is 5.32 Å². The first-order valence-electron chi connectivity index (χ1n) is 7.80. The summed E-state index contributed by atoms with van der Waals surface area (Å²) in [6.45, 7) is 0. The van der Waals surface area contributed by atoms with Crippen LogP contribution in [0.25, 0.3) is 11.1 Å².